The molecule has 0 radical (unpaired) electrons. The van der Waals surface area contributed by atoms with Gasteiger partial charge in [-0.1, -0.05) is 5.16 Å². The van der Waals surface area contributed by atoms with Crippen molar-refractivity contribution in [3.8, 4) is 0 Å². The number of rotatable bonds is 2. The van der Waals surface area contributed by atoms with Crippen LogP contribution < -0.4 is 0 Å². The highest BCUT2D eigenvalue weighted by Crippen LogP contribution is 2.23. The van der Waals surface area contributed by atoms with E-state index in [9.17, 15) is 0 Å². The van der Waals surface area contributed by atoms with Crippen molar-refractivity contribution in [1.29, 1.82) is 0 Å². The third-order valence-electron chi connectivity index (χ3n) is 2.34. The zero-order chi connectivity index (χ0) is 9.42. The van der Waals surface area contributed by atoms with Gasteiger partial charge in [-0.2, -0.15) is 4.98 Å². The first-order valence-corrected chi connectivity index (χ1v) is 4.39. The van der Waals surface area contributed by atoms with E-state index in [1.54, 1.807) is 6.92 Å². The Morgan fingerprint density at radius 3 is 2.77 bits per heavy atom. The van der Waals surface area contributed by atoms with Crippen LogP contribution in [0, 0.1) is 6.92 Å². The van der Waals surface area contributed by atoms with Gasteiger partial charge < -0.3 is 9.63 Å². The van der Waals surface area contributed by atoms with Crippen LogP contribution >= 0.6 is 0 Å². The topological polar surface area (TPSA) is 62.4 Å². The second-order valence-corrected chi connectivity index (χ2v) is 3.46. The van der Waals surface area contributed by atoms with Gasteiger partial charge in [0.25, 0.3) is 0 Å². The standard InChI is InChI=1S/C8H13N3O2/c1-5(11-3-7(12)4-11)8-9-6(2)10-13-8/h5,7,12H,3-4H2,1-2H3. The largest absolute Gasteiger partial charge is 0.390 e. The molecule has 0 spiro atoms. The molecule has 5 nitrogen and oxygen atoms in total. The molecule has 1 aromatic rings. The van der Waals surface area contributed by atoms with Gasteiger partial charge in [-0.15, -0.1) is 0 Å². The predicted octanol–water partition coefficient (Wildman–Crippen LogP) is 0.116. The molecular weight excluding hydrogens is 170 g/mol. The first-order chi connectivity index (χ1) is 6.16. The van der Waals surface area contributed by atoms with Crippen LogP contribution in [0.15, 0.2) is 4.52 Å². The Balaban J connectivity index is 2.01. The maximum Gasteiger partial charge on any atom is 0.243 e. The van der Waals surface area contributed by atoms with Crippen molar-refractivity contribution in [2.45, 2.75) is 26.0 Å². The SMILES string of the molecule is Cc1noc(C(C)N2CC(O)C2)n1. The summed E-state index contributed by atoms with van der Waals surface area (Å²) in [4.78, 5) is 6.23. The van der Waals surface area contributed by atoms with E-state index in [1.807, 2.05) is 6.92 Å². The maximum absolute atomic E-state index is 9.11. The first kappa shape index (κ1) is 8.65. The number of aliphatic hydroxyl groups excluding tert-OH is 1. The van der Waals surface area contributed by atoms with Crippen molar-refractivity contribution >= 4 is 0 Å². The summed E-state index contributed by atoms with van der Waals surface area (Å²) in [5.41, 5.74) is 0. The summed E-state index contributed by atoms with van der Waals surface area (Å²) in [6, 6.07) is 0.115. The minimum atomic E-state index is -0.188. The van der Waals surface area contributed by atoms with Gasteiger partial charge in [-0.25, -0.2) is 0 Å². The molecule has 0 aromatic carbocycles. The minimum absolute atomic E-state index is 0.115. The molecule has 0 amide bonds. The van der Waals surface area contributed by atoms with Crippen LogP contribution in [0.1, 0.15) is 24.7 Å². The third kappa shape index (κ3) is 1.57. The normalized spacial score (nSPS) is 21.5. The van der Waals surface area contributed by atoms with E-state index >= 15 is 0 Å². The van der Waals surface area contributed by atoms with Crippen LogP contribution in [0.25, 0.3) is 0 Å². The number of hydrogen-bond acceptors (Lipinski definition) is 5. The summed E-state index contributed by atoms with van der Waals surface area (Å²) in [6.45, 7) is 5.19. The molecule has 13 heavy (non-hydrogen) atoms. The summed E-state index contributed by atoms with van der Waals surface area (Å²) in [7, 11) is 0. The van der Waals surface area contributed by atoms with E-state index < -0.39 is 0 Å². The molecule has 2 heterocycles. The van der Waals surface area contributed by atoms with Gasteiger partial charge in [-0.3, -0.25) is 4.90 Å². The number of aliphatic hydroxyl groups is 1. The van der Waals surface area contributed by atoms with Crippen LogP contribution in [0.5, 0.6) is 0 Å². The number of β-amino-alcohol motifs (C(OH)–C–C–N with tert-alkyl or cyclic N) is 1. The molecule has 1 atom stereocenters. The lowest BCUT2D eigenvalue weighted by Crippen LogP contribution is -2.51. The molecule has 1 unspecified atom stereocenters. The van der Waals surface area contributed by atoms with Gasteiger partial charge in [0.15, 0.2) is 5.82 Å². The average Bonchev–Trinajstić information content (AvgIpc) is 2.45. The lowest BCUT2D eigenvalue weighted by Gasteiger charge is -2.38. The van der Waals surface area contributed by atoms with E-state index in [0.29, 0.717) is 24.8 Å². The van der Waals surface area contributed by atoms with E-state index in [1.165, 1.54) is 0 Å². The Kier molecular flexibility index (Phi) is 2.05. The lowest BCUT2D eigenvalue weighted by molar-refractivity contribution is -0.0280. The van der Waals surface area contributed by atoms with Gasteiger partial charge in [-0.05, 0) is 13.8 Å². The molecule has 5 heteroatoms. The molecule has 1 fully saturated rings. The molecule has 72 valence electrons. The molecule has 0 aliphatic carbocycles. The van der Waals surface area contributed by atoms with Crippen LogP contribution in [0.3, 0.4) is 0 Å². The number of aromatic nitrogens is 2. The maximum atomic E-state index is 9.11. The fourth-order valence-corrected chi connectivity index (χ4v) is 1.44. The number of aryl methyl sites for hydroxylation is 1. The van der Waals surface area contributed by atoms with Crippen LogP contribution in [-0.2, 0) is 0 Å². The quantitative estimate of drug-likeness (QED) is 0.705. The molecule has 0 bridgehead atoms. The van der Waals surface area contributed by atoms with Crippen molar-refractivity contribution < 1.29 is 9.63 Å². The number of hydrogen-bond donors (Lipinski definition) is 1. The highest BCUT2D eigenvalue weighted by molar-refractivity contribution is 4.94. The Bertz CT molecular complexity index is 293. The van der Waals surface area contributed by atoms with Crippen molar-refractivity contribution in [2.24, 2.45) is 0 Å². The average molecular weight is 183 g/mol. The van der Waals surface area contributed by atoms with Gasteiger partial charge in [0.1, 0.15) is 0 Å². The molecule has 1 saturated heterocycles. The predicted molar refractivity (Wildman–Crippen MR) is 45.0 cm³/mol. The lowest BCUT2D eigenvalue weighted by atomic mass is 10.1. The van der Waals surface area contributed by atoms with Gasteiger partial charge in [0.05, 0.1) is 12.1 Å². The summed E-state index contributed by atoms with van der Waals surface area (Å²) in [6.07, 6.45) is -0.188. The smallest absolute Gasteiger partial charge is 0.243 e. The Labute approximate surface area is 76.4 Å². The second kappa shape index (κ2) is 3.08. The van der Waals surface area contributed by atoms with Crippen LogP contribution in [-0.4, -0.2) is 39.3 Å². The van der Waals surface area contributed by atoms with E-state index in [0.717, 1.165) is 0 Å². The van der Waals surface area contributed by atoms with E-state index in [-0.39, 0.29) is 12.1 Å². The van der Waals surface area contributed by atoms with Crippen molar-refractivity contribution in [1.82, 2.24) is 15.0 Å². The van der Waals surface area contributed by atoms with Gasteiger partial charge in [0.2, 0.25) is 5.89 Å². The Morgan fingerprint density at radius 2 is 2.31 bits per heavy atom. The molecule has 1 N–H and O–H groups in total. The zero-order valence-electron chi connectivity index (χ0n) is 7.77. The van der Waals surface area contributed by atoms with E-state index in [4.69, 9.17) is 9.63 Å². The van der Waals surface area contributed by atoms with E-state index in [2.05, 4.69) is 15.0 Å². The monoisotopic (exact) mass is 183 g/mol. The first-order valence-electron chi connectivity index (χ1n) is 4.39. The second-order valence-electron chi connectivity index (χ2n) is 3.46. The Morgan fingerprint density at radius 1 is 1.62 bits per heavy atom. The minimum Gasteiger partial charge on any atom is -0.390 e. The third-order valence-corrected chi connectivity index (χ3v) is 2.34. The molecular formula is C8H13N3O2. The highest BCUT2D eigenvalue weighted by Gasteiger charge is 2.31. The van der Waals surface area contributed by atoms with Crippen molar-refractivity contribution in [2.75, 3.05) is 13.1 Å². The molecule has 0 saturated carbocycles. The molecule has 1 aliphatic heterocycles. The van der Waals surface area contributed by atoms with Crippen LogP contribution in [0.4, 0.5) is 0 Å². The summed E-state index contributed by atoms with van der Waals surface area (Å²) in [5.74, 6) is 1.28. The van der Waals surface area contributed by atoms with Gasteiger partial charge in [0, 0.05) is 13.1 Å². The number of likely N-dealkylation sites (tertiary alicyclic amines) is 1. The zero-order valence-corrected chi connectivity index (χ0v) is 7.77. The fourth-order valence-electron chi connectivity index (χ4n) is 1.44. The highest BCUT2D eigenvalue weighted by atomic mass is 16.5. The van der Waals surface area contributed by atoms with Gasteiger partial charge >= 0.3 is 0 Å². The molecule has 1 aromatic heterocycles. The molecule has 2 rings (SSSR count). The van der Waals surface area contributed by atoms with Crippen molar-refractivity contribution in [3.05, 3.63) is 11.7 Å². The summed E-state index contributed by atoms with van der Waals surface area (Å²) in [5, 5.41) is 12.8. The number of nitrogens with zero attached hydrogens (tertiary/aromatic N) is 3. The van der Waals surface area contributed by atoms with Crippen molar-refractivity contribution in [3.63, 3.8) is 0 Å². The Hall–Kier alpha value is -0.940. The van der Waals surface area contributed by atoms with Crippen LogP contribution in [0.2, 0.25) is 0 Å². The summed E-state index contributed by atoms with van der Waals surface area (Å²) < 4.78 is 5.03. The summed E-state index contributed by atoms with van der Waals surface area (Å²) >= 11 is 0. The fraction of sp³-hybridized carbons (Fsp3) is 0.750. The molecule has 1 aliphatic rings.